The molecular formula is C13H10F2N4OS2. The Morgan fingerprint density at radius 3 is 2.95 bits per heavy atom. The van der Waals surface area contributed by atoms with Gasteiger partial charge in [-0.05, 0) is 18.4 Å². The van der Waals surface area contributed by atoms with Gasteiger partial charge >= 0.3 is 6.55 Å². The second-order valence-electron chi connectivity index (χ2n) is 4.34. The summed E-state index contributed by atoms with van der Waals surface area (Å²) in [5.74, 6) is -0.139. The minimum absolute atomic E-state index is 0.140. The van der Waals surface area contributed by atoms with Crippen molar-refractivity contribution in [2.45, 2.75) is 13.5 Å². The van der Waals surface area contributed by atoms with Crippen molar-refractivity contribution >= 4 is 33.7 Å². The maximum atomic E-state index is 12.9. The van der Waals surface area contributed by atoms with Crippen LogP contribution in [0.1, 0.15) is 22.6 Å². The summed E-state index contributed by atoms with van der Waals surface area (Å²) in [5, 5.41) is 6.54. The summed E-state index contributed by atoms with van der Waals surface area (Å²) in [7, 11) is 0. The van der Waals surface area contributed by atoms with Gasteiger partial charge in [-0.15, -0.1) is 0 Å². The largest absolute Gasteiger partial charge is 0.320 e. The zero-order chi connectivity index (χ0) is 15.7. The minimum atomic E-state index is -2.68. The van der Waals surface area contributed by atoms with Gasteiger partial charge in [0.25, 0.3) is 5.91 Å². The molecule has 0 fully saturated rings. The Hall–Kier alpha value is -2.13. The Bertz CT molecular complexity index is 795. The summed E-state index contributed by atoms with van der Waals surface area (Å²) >= 11 is 2.53. The van der Waals surface area contributed by atoms with Crippen LogP contribution >= 0.6 is 22.7 Å². The van der Waals surface area contributed by atoms with Gasteiger partial charge in [-0.1, -0.05) is 11.3 Å². The van der Waals surface area contributed by atoms with Gasteiger partial charge in [0.05, 0.1) is 16.1 Å². The number of rotatable bonds is 4. The van der Waals surface area contributed by atoms with Gasteiger partial charge in [0.1, 0.15) is 0 Å². The van der Waals surface area contributed by atoms with Crippen LogP contribution in [0.2, 0.25) is 0 Å². The summed E-state index contributed by atoms with van der Waals surface area (Å²) in [6.07, 6.45) is 2.52. The zero-order valence-electron chi connectivity index (χ0n) is 11.3. The van der Waals surface area contributed by atoms with E-state index < -0.39 is 6.55 Å². The van der Waals surface area contributed by atoms with Crippen molar-refractivity contribution in [1.82, 2.24) is 14.5 Å². The topological polar surface area (TPSA) is 59.8 Å². The van der Waals surface area contributed by atoms with Crippen LogP contribution in [0.4, 0.5) is 13.9 Å². The first kappa shape index (κ1) is 14.8. The molecule has 0 saturated carbocycles. The number of imidazole rings is 1. The van der Waals surface area contributed by atoms with E-state index in [9.17, 15) is 13.6 Å². The highest BCUT2D eigenvalue weighted by atomic mass is 32.1. The molecule has 0 aromatic carbocycles. The number of aryl methyl sites for hydroxylation is 1. The molecule has 0 aliphatic carbocycles. The van der Waals surface area contributed by atoms with E-state index >= 15 is 0 Å². The van der Waals surface area contributed by atoms with Gasteiger partial charge in [-0.2, -0.15) is 20.1 Å². The van der Waals surface area contributed by atoms with E-state index in [1.54, 1.807) is 23.8 Å². The highest BCUT2D eigenvalue weighted by molar-refractivity contribution is 7.19. The smallest absolute Gasteiger partial charge is 0.298 e. The van der Waals surface area contributed by atoms with Crippen molar-refractivity contribution in [2.24, 2.45) is 0 Å². The van der Waals surface area contributed by atoms with Crippen LogP contribution < -0.4 is 5.32 Å². The number of thiazole rings is 1. The lowest BCUT2D eigenvalue weighted by Gasteiger charge is -2.04. The van der Waals surface area contributed by atoms with Gasteiger partial charge in [-0.3, -0.25) is 14.7 Å². The molecule has 0 spiro atoms. The summed E-state index contributed by atoms with van der Waals surface area (Å²) in [6.45, 7) is -0.987. The Balaban J connectivity index is 1.88. The highest BCUT2D eigenvalue weighted by Crippen LogP contribution is 2.33. The number of alkyl halides is 2. The molecule has 5 nitrogen and oxygen atoms in total. The molecule has 1 N–H and O–H groups in total. The van der Waals surface area contributed by atoms with Gasteiger partial charge in [0, 0.05) is 17.8 Å². The summed E-state index contributed by atoms with van der Waals surface area (Å²) < 4.78 is 26.6. The Morgan fingerprint density at radius 1 is 1.45 bits per heavy atom. The van der Waals surface area contributed by atoms with E-state index in [1.807, 2.05) is 0 Å². The third-order valence-electron chi connectivity index (χ3n) is 2.88. The fraction of sp³-hybridized carbons (Fsp3) is 0.154. The van der Waals surface area contributed by atoms with Crippen LogP contribution in [0.25, 0.3) is 10.7 Å². The third kappa shape index (κ3) is 2.77. The van der Waals surface area contributed by atoms with Crippen LogP contribution in [-0.4, -0.2) is 20.4 Å². The van der Waals surface area contributed by atoms with E-state index in [-0.39, 0.29) is 11.7 Å². The molecule has 0 aliphatic heterocycles. The monoisotopic (exact) mass is 340 g/mol. The number of hydrogen-bond acceptors (Lipinski definition) is 5. The lowest BCUT2D eigenvalue weighted by atomic mass is 10.3. The summed E-state index contributed by atoms with van der Waals surface area (Å²) in [4.78, 5) is 20.6. The molecule has 0 unspecified atom stereocenters. The first-order chi connectivity index (χ1) is 10.6. The molecule has 22 heavy (non-hydrogen) atoms. The standard InChI is InChI=1S/C13H10F2N4OS2/c1-7-9(10-16-3-4-19(10)12(14)15)22-13(17-7)18-11(20)8-2-5-21-6-8/h2-6,12H,1H3,(H,17,18,20). The lowest BCUT2D eigenvalue weighted by Crippen LogP contribution is -2.10. The Kier molecular flexibility index (Phi) is 3.99. The van der Waals surface area contributed by atoms with Gasteiger partial charge in [0.2, 0.25) is 0 Å². The van der Waals surface area contributed by atoms with Crippen LogP contribution in [0, 0.1) is 6.92 Å². The number of nitrogens with one attached hydrogen (secondary N) is 1. The molecule has 3 heterocycles. The Morgan fingerprint density at radius 2 is 2.27 bits per heavy atom. The minimum Gasteiger partial charge on any atom is -0.298 e. The summed E-state index contributed by atoms with van der Waals surface area (Å²) in [6, 6.07) is 1.70. The molecule has 3 aromatic rings. The quantitative estimate of drug-likeness (QED) is 0.780. The van der Waals surface area contributed by atoms with E-state index in [2.05, 4.69) is 15.3 Å². The third-order valence-corrected chi connectivity index (χ3v) is 4.63. The molecule has 9 heteroatoms. The molecular weight excluding hydrogens is 330 g/mol. The molecule has 0 atom stereocenters. The molecule has 0 aliphatic rings. The number of anilines is 1. The van der Waals surface area contributed by atoms with Gasteiger partial charge in [-0.25, -0.2) is 9.97 Å². The first-order valence-electron chi connectivity index (χ1n) is 6.18. The molecule has 0 saturated heterocycles. The van der Waals surface area contributed by atoms with Crippen molar-refractivity contribution in [2.75, 3.05) is 5.32 Å². The normalized spacial score (nSPS) is 11.1. The van der Waals surface area contributed by atoms with Crippen molar-refractivity contribution in [3.8, 4) is 10.7 Å². The molecule has 3 aromatic heterocycles. The van der Waals surface area contributed by atoms with Crippen LogP contribution in [0.3, 0.4) is 0 Å². The molecule has 114 valence electrons. The molecule has 0 bridgehead atoms. The number of halogens is 2. The number of aromatic nitrogens is 3. The van der Waals surface area contributed by atoms with Gasteiger partial charge < -0.3 is 0 Å². The fourth-order valence-corrected chi connectivity index (χ4v) is 3.47. The lowest BCUT2D eigenvalue weighted by molar-refractivity contribution is 0.0720. The molecule has 0 radical (unpaired) electrons. The van der Waals surface area contributed by atoms with E-state index in [0.29, 0.717) is 21.3 Å². The average Bonchev–Trinajstić information content (AvgIpc) is 3.17. The summed E-state index contributed by atoms with van der Waals surface area (Å²) in [5.41, 5.74) is 1.08. The first-order valence-corrected chi connectivity index (χ1v) is 7.94. The van der Waals surface area contributed by atoms with Crippen LogP contribution in [0.5, 0.6) is 0 Å². The number of nitrogens with zero attached hydrogens (tertiary/aromatic N) is 3. The van der Waals surface area contributed by atoms with E-state index in [0.717, 1.165) is 15.9 Å². The second-order valence-corrected chi connectivity index (χ2v) is 6.11. The van der Waals surface area contributed by atoms with Crippen molar-refractivity contribution in [3.63, 3.8) is 0 Å². The maximum Gasteiger partial charge on any atom is 0.320 e. The number of amides is 1. The van der Waals surface area contributed by atoms with Crippen LogP contribution in [-0.2, 0) is 0 Å². The fourth-order valence-electron chi connectivity index (χ4n) is 1.87. The van der Waals surface area contributed by atoms with Gasteiger partial charge in [0.15, 0.2) is 11.0 Å². The van der Waals surface area contributed by atoms with Crippen LogP contribution in [0.15, 0.2) is 29.2 Å². The number of carbonyl (C=O) groups excluding carboxylic acids is 1. The maximum absolute atomic E-state index is 12.9. The van der Waals surface area contributed by atoms with Crippen molar-refractivity contribution in [1.29, 1.82) is 0 Å². The SMILES string of the molecule is Cc1nc(NC(=O)c2ccsc2)sc1-c1nccn1C(F)F. The predicted octanol–water partition coefficient (Wildman–Crippen LogP) is 4.02. The predicted molar refractivity (Wildman–Crippen MR) is 81.6 cm³/mol. The highest BCUT2D eigenvalue weighted by Gasteiger charge is 2.19. The van der Waals surface area contributed by atoms with E-state index in [1.165, 1.54) is 23.7 Å². The number of hydrogen-bond donors (Lipinski definition) is 1. The number of thiophene rings is 1. The zero-order valence-corrected chi connectivity index (χ0v) is 12.9. The van der Waals surface area contributed by atoms with Crippen molar-refractivity contribution < 1.29 is 13.6 Å². The number of carbonyl (C=O) groups is 1. The second kappa shape index (κ2) is 5.93. The van der Waals surface area contributed by atoms with E-state index in [4.69, 9.17) is 0 Å². The average molecular weight is 340 g/mol. The Labute approximate surface area is 132 Å². The van der Waals surface area contributed by atoms with Crippen molar-refractivity contribution in [3.05, 3.63) is 40.5 Å². The molecule has 1 amide bonds. The molecule has 3 rings (SSSR count).